The average molecular weight is 731 g/mol. The summed E-state index contributed by atoms with van der Waals surface area (Å²) in [6.07, 6.45) is 11.5. The molecule has 0 aliphatic carbocycles. The van der Waals surface area contributed by atoms with Gasteiger partial charge in [0.25, 0.3) is 0 Å². The largest absolute Gasteiger partial charge is 0.254 e. The molecule has 0 atom stereocenters. The molecule has 0 N–H and O–H groups in total. The number of pyridine rings is 6. The summed E-state index contributed by atoms with van der Waals surface area (Å²) >= 11 is 0. The Hall–Kier alpha value is -7.44. The lowest BCUT2D eigenvalue weighted by molar-refractivity contribution is 1.35. The van der Waals surface area contributed by atoms with Gasteiger partial charge in [0, 0.05) is 91.8 Å². The summed E-state index contributed by atoms with van der Waals surface area (Å²) in [6.45, 7) is 6.43. The van der Waals surface area contributed by atoms with Gasteiger partial charge in [-0.15, -0.1) is 0 Å². The molecule has 6 heteroatoms. The minimum atomic E-state index is 0.902. The van der Waals surface area contributed by atoms with E-state index in [1.807, 2.05) is 49.3 Å². The number of fused-ring (bicyclic) bond motifs is 9. The first-order valence-electron chi connectivity index (χ1n) is 19.1. The Labute approximate surface area is 328 Å². The highest BCUT2D eigenvalue weighted by Crippen LogP contribution is 2.35. The summed E-state index contributed by atoms with van der Waals surface area (Å²) in [5.41, 5.74) is 17.9. The fourth-order valence-electron chi connectivity index (χ4n) is 8.41. The molecule has 0 radical (unpaired) electrons. The number of nitrogens with zero attached hydrogens (tertiary/aromatic N) is 6. The molecule has 11 rings (SSSR count). The number of aromatic nitrogens is 6. The Morgan fingerprint density at radius 1 is 0.281 bits per heavy atom. The molecule has 0 aliphatic rings. The minimum Gasteiger partial charge on any atom is -0.254 e. The molecule has 0 saturated heterocycles. The summed E-state index contributed by atoms with van der Waals surface area (Å²) in [7, 11) is 0. The molecule has 0 bridgehead atoms. The van der Waals surface area contributed by atoms with Crippen molar-refractivity contribution < 1.29 is 0 Å². The predicted molar refractivity (Wildman–Crippen MR) is 234 cm³/mol. The zero-order valence-corrected chi connectivity index (χ0v) is 31.6. The fraction of sp³-hybridized carbons (Fsp3) is 0.0588. The number of rotatable bonds is 4. The van der Waals surface area contributed by atoms with E-state index in [0.29, 0.717) is 0 Å². The lowest BCUT2D eigenvalue weighted by atomic mass is 9.97. The van der Waals surface area contributed by atoms with E-state index >= 15 is 0 Å². The third-order valence-corrected chi connectivity index (χ3v) is 11.4. The van der Waals surface area contributed by atoms with Crippen LogP contribution in [0.3, 0.4) is 0 Å². The molecule has 0 unspecified atom stereocenters. The second-order valence-electron chi connectivity index (χ2n) is 15.0. The van der Waals surface area contributed by atoms with Crippen LogP contribution in [-0.4, -0.2) is 29.9 Å². The van der Waals surface area contributed by atoms with Crippen molar-refractivity contribution in [1.29, 1.82) is 0 Å². The molecule has 0 saturated carbocycles. The van der Waals surface area contributed by atoms with Gasteiger partial charge in [-0.25, -0.2) is 0 Å². The van der Waals surface area contributed by atoms with Gasteiger partial charge in [-0.1, -0.05) is 60.7 Å². The molecule has 0 amide bonds. The third kappa shape index (κ3) is 5.48. The van der Waals surface area contributed by atoms with E-state index in [1.54, 1.807) is 0 Å². The van der Waals surface area contributed by atoms with E-state index in [1.165, 1.54) is 16.7 Å². The molecular formula is C51H34N6. The average Bonchev–Trinajstić information content (AvgIpc) is 3.26. The van der Waals surface area contributed by atoms with Crippen molar-refractivity contribution in [2.45, 2.75) is 20.8 Å². The molecule has 57 heavy (non-hydrogen) atoms. The second-order valence-corrected chi connectivity index (χ2v) is 15.0. The van der Waals surface area contributed by atoms with Gasteiger partial charge in [-0.3, -0.25) is 29.9 Å². The van der Waals surface area contributed by atoms with E-state index < -0.39 is 0 Å². The lowest BCUT2D eigenvalue weighted by Gasteiger charge is -2.11. The van der Waals surface area contributed by atoms with Gasteiger partial charge in [-0.2, -0.15) is 0 Å². The summed E-state index contributed by atoms with van der Waals surface area (Å²) in [6, 6.07) is 41.0. The van der Waals surface area contributed by atoms with Gasteiger partial charge < -0.3 is 0 Å². The van der Waals surface area contributed by atoms with Crippen LogP contribution in [0.5, 0.6) is 0 Å². The highest BCUT2D eigenvalue weighted by atomic mass is 14.7. The number of hydrogen-bond donors (Lipinski definition) is 0. The maximum Gasteiger partial charge on any atom is 0.0967 e. The zero-order valence-electron chi connectivity index (χ0n) is 31.6. The SMILES string of the molecule is Cc1cc2cc(-c3ccc(-c4cnc5c(c4)c(C)cc4cc(-c6ccc(-c7cnc8c(c7)c(C)cc7cccnc78)cc6)cnc45)cc3)cnc2c2ncccc12. The first-order valence-corrected chi connectivity index (χ1v) is 19.1. The topological polar surface area (TPSA) is 77.3 Å². The van der Waals surface area contributed by atoms with Crippen LogP contribution in [0.1, 0.15) is 16.7 Å². The van der Waals surface area contributed by atoms with Crippen molar-refractivity contribution in [2.24, 2.45) is 0 Å². The molecule has 6 nitrogen and oxygen atoms in total. The van der Waals surface area contributed by atoms with Crippen molar-refractivity contribution in [3.8, 4) is 44.5 Å². The quantitative estimate of drug-likeness (QED) is 0.168. The first kappa shape index (κ1) is 32.9. The fourth-order valence-corrected chi connectivity index (χ4v) is 8.41. The maximum absolute atomic E-state index is 5.00. The second kappa shape index (κ2) is 12.8. The molecular weight excluding hydrogens is 697 g/mol. The van der Waals surface area contributed by atoms with E-state index in [4.69, 9.17) is 19.9 Å². The standard InChI is InChI=1S/C51H34N6/c1-29-19-37-21-39(25-54-47(37)49-43(29)7-5-17-53-49)32-8-14-35(15-9-32)42-24-45-31(3)20-38-22-40(26-55-48(38)51(45)57-28-42)33-10-12-34(13-11-33)41-23-44-30(2)18-36-6-4-16-52-46(36)50(44)56-27-41/h4-28H,1-3H3. The zero-order chi connectivity index (χ0) is 38.2. The monoisotopic (exact) mass is 730 g/mol. The van der Waals surface area contributed by atoms with E-state index in [-0.39, 0.29) is 0 Å². The van der Waals surface area contributed by atoms with Crippen LogP contribution in [0.2, 0.25) is 0 Å². The van der Waals surface area contributed by atoms with Gasteiger partial charge in [0.05, 0.1) is 33.1 Å². The molecule has 0 fully saturated rings. The maximum atomic E-state index is 5.00. The summed E-state index contributed by atoms with van der Waals surface area (Å²) in [5.74, 6) is 0. The Bertz CT molecular complexity index is 3430. The van der Waals surface area contributed by atoms with Crippen molar-refractivity contribution in [1.82, 2.24) is 29.9 Å². The molecule has 6 heterocycles. The van der Waals surface area contributed by atoms with Crippen molar-refractivity contribution in [3.05, 3.63) is 169 Å². The number of benzene rings is 5. The van der Waals surface area contributed by atoms with Crippen LogP contribution < -0.4 is 0 Å². The van der Waals surface area contributed by atoms with Crippen LogP contribution in [-0.2, 0) is 0 Å². The third-order valence-electron chi connectivity index (χ3n) is 11.4. The van der Waals surface area contributed by atoms with Crippen LogP contribution in [0.15, 0.2) is 152 Å². The van der Waals surface area contributed by atoms with Crippen LogP contribution in [0.4, 0.5) is 0 Å². The van der Waals surface area contributed by atoms with Crippen molar-refractivity contribution in [3.63, 3.8) is 0 Å². The van der Waals surface area contributed by atoms with Crippen LogP contribution >= 0.6 is 0 Å². The Morgan fingerprint density at radius 3 is 1.12 bits per heavy atom. The Morgan fingerprint density at radius 2 is 0.632 bits per heavy atom. The van der Waals surface area contributed by atoms with Gasteiger partial charge in [-0.05, 0) is 114 Å². The normalized spacial score (nSPS) is 11.8. The highest BCUT2D eigenvalue weighted by Gasteiger charge is 2.13. The van der Waals surface area contributed by atoms with E-state index in [0.717, 1.165) is 110 Å². The summed E-state index contributed by atoms with van der Waals surface area (Å²) in [5, 5.41) is 6.65. The van der Waals surface area contributed by atoms with E-state index in [2.05, 4.69) is 134 Å². The molecule has 0 aliphatic heterocycles. The Balaban J connectivity index is 0.873. The van der Waals surface area contributed by atoms with E-state index in [9.17, 15) is 0 Å². The first-order chi connectivity index (χ1) is 27.9. The van der Waals surface area contributed by atoms with Gasteiger partial charge in [0.1, 0.15) is 0 Å². The molecule has 0 spiro atoms. The van der Waals surface area contributed by atoms with Crippen molar-refractivity contribution >= 4 is 65.4 Å². The van der Waals surface area contributed by atoms with Crippen LogP contribution in [0.25, 0.3) is 110 Å². The minimum absolute atomic E-state index is 0.902. The number of aryl methyl sites for hydroxylation is 3. The van der Waals surface area contributed by atoms with Gasteiger partial charge in [0.2, 0.25) is 0 Å². The Kier molecular flexibility index (Phi) is 7.41. The van der Waals surface area contributed by atoms with Gasteiger partial charge >= 0.3 is 0 Å². The predicted octanol–water partition coefficient (Wildman–Crippen LogP) is 12.6. The summed E-state index contributed by atoms with van der Waals surface area (Å²) in [4.78, 5) is 28.9. The van der Waals surface area contributed by atoms with Crippen LogP contribution in [0, 0.1) is 20.8 Å². The molecule has 268 valence electrons. The molecule has 6 aromatic heterocycles. The summed E-state index contributed by atoms with van der Waals surface area (Å²) < 4.78 is 0. The van der Waals surface area contributed by atoms with Gasteiger partial charge in [0.15, 0.2) is 0 Å². The van der Waals surface area contributed by atoms with Crippen molar-refractivity contribution in [2.75, 3.05) is 0 Å². The highest BCUT2D eigenvalue weighted by molar-refractivity contribution is 6.08. The smallest absolute Gasteiger partial charge is 0.0967 e. The lowest BCUT2D eigenvalue weighted by Crippen LogP contribution is -1.92. The molecule has 5 aromatic carbocycles. The molecule has 11 aromatic rings. The number of hydrogen-bond acceptors (Lipinski definition) is 6.